The van der Waals surface area contributed by atoms with Gasteiger partial charge in [-0.1, -0.05) is 20.8 Å². The lowest BCUT2D eigenvalue weighted by Crippen LogP contribution is -2.35. The molecule has 0 aromatic carbocycles. The van der Waals surface area contributed by atoms with E-state index in [4.69, 9.17) is 5.11 Å². The van der Waals surface area contributed by atoms with E-state index in [-0.39, 0.29) is 18.1 Å². The molecule has 86 valence electrons. The Morgan fingerprint density at radius 3 is 2.43 bits per heavy atom. The third-order valence-corrected chi connectivity index (χ3v) is 2.91. The van der Waals surface area contributed by atoms with Gasteiger partial charge in [-0.05, 0) is 25.8 Å². The van der Waals surface area contributed by atoms with Gasteiger partial charge in [-0.2, -0.15) is 0 Å². The minimum atomic E-state index is -0.190. The van der Waals surface area contributed by atoms with Crippen LogP contribution in [0.2, 0.25) is 0 Å². The molecule has 0 saturated heterocycles. The van der Waals surface area contributed by atoms with E-state index in [0.717, 1.165) is 32.4 Å². The van der Waals surface area contributed by atoms with Gasteiger partial charge in [0.05, 0.1) is 6.10 Å². The lowest BCUT2D eigenvalue weighted by atomic mass is 9.88. The van der Waals surface area contributed by atoms with E-state index >= 15 is 0 Å². The Balaban J connectivity index is 3.52. The maximum Gasteiger partial charge on any atom is 0.0549 e. The van der Waals surface area contributed by atoms with Gasteiger partial charge in [0, 0.05) is 18.6 Å². The molecule has 0 aliphatic carbocycles. The first kappa shape index (κ1) is 13.9. The molecule has 14 heavy (non-hydrogen) atoms. The van der Waals surface area contributed by atoms with Gasteiger partial charge in [0.2, 0.25) is 0 Å². The lowest BCUT2D eigenvalue weighted by Gasteiger charge is -2.26. The van der Waals surface area contributed by atoms with Gasteiger partial charge < -0.3 is 15.5 Å². The van der Waals surface area contributed by atoms with Crippen LogP contribution in [0.3, 0.4) is 0 Å². The lowest BCUT2D eigenvalue weighted by molar-refractivity contribution is 0.129. The fourth-order valence-electron chi connectivity index (χ4n) is 1.16. The molecule has 0 rings (SSSR count). The molecule has 0 heterocycles. The molecule has 3 heteroatoms. The molecule has 3 N–H and O–H groups in total. The number of hydrogen-bond acceptors (Lipinski definition) is 3. The van der Waals surface area contributed by atoms with Crippen LogP contribution in [0.4, 0.5) is 0 Å². The van der Waals surface area contributed by atoms with Gasteiger partial charge in [-0.3, -0.25) is 0 Å². The van der Waals surface area contributed by atoms with Crippen LogP contribution in [0.5, 0.6) is 0 Å². The van der Waals surface area contributed by atoms with E-state index in [1.807, 2.05) is 6.92 Å². The quantitative estimate of drug-likeness (QED) is 0.519. The molecule has 0 fully saturated rings. The second kappa shape index (κ2) is 7.21. The average molecular weight is 203 g/mol. The topological polar surface area (TPSA) is 52.5 Å². The summed E-state index contributed by atoms with van der Waals surface area (Å²) < 4.78 is 0. The Morgan fingerprint density at radius 2 is 2.00 bits per heavy atom. The summed E-state index contributed by atoms with van der Waals surface area (Å²) in [5.41, 5.74) is -0.0167. The predicted octanol–water partition coefficient (Wildman–Crippen LogP) is 1.15. The zero-order valence-electron chi connectivity index (χ0n) is 9.71. The van der Waals surface area contributed by atoms with Gasteiger partial charge in [-0.15, -0.1) is 0 Å². The second-order valence-corrected chi connectivity index (χ2v) is 4.35. The van der Waals surface area contributed by atoms with E-state index < -0.39 is 0 Å². The summed E-state index contributed by atoms with van der Waals surface area (Å²) in [6, 6.07) is 0. The summed E-state index contributed by atoms with van der Waals surface area (Å²) in [5.74, 6) is 0. The highest BCUT2D eigenvalue weighted by Gasteiger charge is 2.19. The molecule has 0 spiro atoms. The second-order valence-electron chi connectivity index (χ2n) is 4.35. The Bertz CT molecular complexity index is 135. The SMILES string of the molecule is CCC(O)CCNCC(C)(CC)CO. The minimum absolute atomic E-state index is 0.0167. The third-order valence-electron chi connectivity index (χ3n) is 2.91. The molecule has 0 radical (unpaired) electrons. The van der Waals surface area contributed by atoms with Crippen molar-refractivity contribution in [3.63, 3.8) is 0 Å². The Hall–Kier alpha value is -0.120. The van der Waals surface area contributed by atoms with Crippen molar-refractivity contribution in [2.24, 2.45) is 5.41 Å². The zero-order chi connectivity index (χ0) is 11.0. The molecular weight excluding hydrogens is 178 g/mol. The van der Waals surface area contributed by atoms with Crippen molar-refractivity contribution >= 4 is 0 Å². The van der Waals surface area contributed by atoms with E-state index in [0.29, 0.717) is 0 Å². The van der Waals surface area contributed by atoms with Crippen LogP contribution in [0, 0.1) is 5.41 Å². The Kier molecular flexibility index (Phi) is 7.15. The van der Waals surface area contributed by atoms with Gasteiger partial charge in [0.1, 0.15) is 0 Å². The number of nitrogens with one attached hydrogen (secondary N) is 1. The summed E-state index contributed by atoms with van der Waals surface area (Å²) in [7, 11) is 0. The normalized spacial score (nSPS) is 17.8. The molecule has 0 aliphatic heterocycles. The maximum absolute atomic E-state index is 9.31. The van der Waals surface area contributed by atoms with Crippen LogP contribution < -0.4 is 5.32 Å². The molecule has 0 aromatic heterocycles. The fourth-order valence-corrected chi connectivity index (χ4v) is 1.16. The molecule has 3 nitrogen and oxygen atoms in total. The van der Waals surface area contributed by atoms with Crippen molar-refractivity contribution in [3.8, 4) is 0 Å². The third kappa shape index (κ3) is 5.58. The van der Waals surface area contributed by atoms with Gasteiger partial charge in [0.15, 0.2) is 0 Å². The minimum Gasteiger partial charge on any atom is -0.396 e. The van der Waals surface area contributed by atoms with Crippen molar-refractivity contribution in [2.45, 2.75) is 46.1 Å². The molecule has 2 atom stereocenters. The van der Waals surface area contributed by atoms with Gasteiger partial charge in [-0.25, -0.2) is 0 Å². The van der Waals surface area contributed by atoms with E-state index in [1.165, 1.54) is 0 Å². The van der Waals surface area contributed by atoms with Gasteiger partial charge >= 0.3 is 0 Å². The van der Waals surface area contributed by atoms with E-state index in [9.17, 15) is 5.11 Å². The average Bonchev–Trinajstić information content (AvgIpc) is 2.23. The molecule has 0 aliphatic rings. The van der Waals surface area contributed by atoms with Crippen molar-refractivity contribution < 1.29 is 10.2 Å². The number of aliphatic hydroxyl groups is 2. The number of hydrogen-bond donors (Lipinski definition) is 3. The standard InChI is InChI=1S/C11H25NO2/c1-4-10(14)6-7-12-8-11(3,5-2)9-13/h10,12-14H,4-9H2,1-3H3. The summed E-state index contributed by atoms with van der Waals surface area (Å²) >= 11 is 0. The van der Waals surface area contributed by atoms with Crippen molar-refractivity contribution in [3.05, 3.63) is 0 Å². The first-order valence-corrected chi connectivity index (χ1v) is 5.57. The Labute approximate surface area is 87.5 Å². The Morgan fingerprint density at radius 1 is 1.36 bits per heavy atom. The van der Waals surface area contributed by atoms with Crippen LogP contribution in [0.25, 0.3) is 0 Å². The molecule has 0 bridgehead atoms. The summed E-state index contributed by atoms with van der Waals surface area (Å²) in [4.78, 5) is 0. The first-order chi connectivity index (χ1) is 6.58. The fraction of sp³-hybridized carbons (Fsp3) is 1.00. The first-order valence-electron chi connectivity index (χ1n) is 5.57. The van der Waals surface area contributed by atoms with Crippen molar-refractivity contribution in [1.82, 2.24) is 5.32 Å². The summed E-state index contributed by atoms with van der Waals surface area (Å²) in [5, 5.41) is 21.7. The maximum atomic E-state index is 9.31. The highest BCUT2D eigenvalue weighted by molar-refractivity contribution is 4.74. The van der Waals surface area contributed by atoms with Crippen molar-refractivity contribution in [2.75, 3.05) is 19.7 Å². The summed E-state index contributed by atoms with van der Waals surface area (Å²) in [6.07, 6.45) is 2.38. The molecular formula is C11H25NO2. The monoisotopic (exact) mass is 203 g/mol. The van der Waals surface area contributed by atoms with Crippen LogP contribution in [-0.2, 0) is 0 Å². The van der Waals surface area contributed by atoms with Crippen LogP contribution in [-0.4, -0.2) is 36.0 Å². The van der Waals surface area contributed by atoms with Crippen LogP contribution in [0.15, 0.2) is 0 Å². The largest absolute Gasteiger partial charge is 0.396 e. The molecule has 0 saturated carbocycles. The summed E-state index contributed by atoms with van der Waals surface area (Å²) in [6.45, 7) is 7.98. The van der Waals surface area contributed by atoms with E-state index in [2.05, 4.69) is 19.2 Å². The zero-order valence-corrected chi connectivity index (χ0v) is 9.71. The molecule has 0 aromatic rings. The molecule has 0 amide bonds. The highest BCUT2D eigenvalue weighted by Crippen LogP contribution is 2.18. The van der Waals surface area contributed by atoms with Crippen LogP contribution >= 0.6 is 0 Å². The van der Waals surface area contributed by atoms with E-state index in [1.54, 1.807) is 0 Å². The van der Waals surface area contributed by atoms with Gasteiger partial charge in [0.25, 0.3) is 0 Å². The van der Waals surface area contributed by atoms with Crippen molar-refractivity contribution in [1.29, 1.82) is 0 Å². The van der Waals surface area contributed by atoms with Crippen LogP contribution in [0.1, 0.15) is 40.0 Å². The smallest absolute Gasteiger partial charge is 0.0549 e. The number of aliphatic hydroxyl groups excluding tert-OH is 2. The number of rotatable bonds is 8. The highest BCUT2D eigenvalue weighted by atomic mass is 16.3. The molecule has 2 unspecified atom stereocenters. The predicted molar refractivity (Wildman–Crippen MR) is 59.3 cm³/mol.